The van der Waals surface area contributed by atoms with Gasteiger partial charge < -0.3 is 10.2 Å². The number of carbonyl (C=O) groups excluding carboxylic acids is 1. The summed E-state index contributed by atoms with van der Waals surface area (Å²) in [6.45, 7) is 6.80. The van der Waals surface area contributed by atoms with Crippen LogP contribution in [-0.4, -0.2) is 36.5 Å². The van der Waals surface area contributed by atoms with Crippen LogP contribution in [0.5, 0.6) is 0 Å². The highest BCUT2D eigenvalue weighted by Crippen LogP contribution is 2.25. The average Bonchev–Trinajstić information content (AvgIpc) is 2.60. The average molecular weight is 359 g/mol. The highest BCUT2D eigenvalue weighted by atomic mass is 32.2. The van der Waals surface area contributed by atoms with Gasteiger partial charge in [-0.05, 0) is 30.5 Å². The molecule has 0 aliphatic heterocycles. The van der Waals surface area contributed by atoms with Gasteiger partial charge in [-0.25, -0.2) is 9.97 Å². The third kappa shape index (κ3) is 5.46. The molecule has 0 radical (unpaired) electrons. The number of hydrogen-bond donors (Lipinski definition) is 1. The molecular weight excluding hydrogens is 332 g/mol. The first-order chi connectivity index (χ1) is 11.9. The molecular formula is C19H26N4OS. The monoisotopic (exact) mass is 358 g/mol. The van der Waals surface area contributed by atoms with Crippen molar-refractivity contribution in [1.82, 2.24) is 15.3 Å². The van der Waals surface area contributed by atoms with Crippen molar-refractivity contribution in [2.75, 3.05) is 25.5 Å². The van der Waals surface area contributed by atoms with Gasteiger partial charge in [-0.2, -0.15) is 0 Å². The van der Waals surface area contributed by atoms with Gasteiger partial charge in [0.15, 0.2) is 5.16 Å². The summed E-state index contributed by atoms with van der Waals surface area (Å²) in [4.78, 5) is 23.2. The standard InChI is InChI=1S/C19H26N4OS/c1-6-20-18(24)15-9-7-8-14(10-15)12-25-19-21-16(13(2)3)11-17(22-19)23(4)5/h7-11,13H,6,12H2,1-5H3,(H,20,24). The minimum absolute atomic E-state index is 0.0395. The number of rotatable bonds is 7. The first kappa shape index (κ1) is 19.2. The summed E-state index contributed by atoms with van der Waals surface area (Å²) in [7, 11) is 3.97. The summed E-state index contributed by atoms with van der Waals surface area (Å²) in [6, 6.07) is 9.73. The molecule has 25 heavy (non-hydrogen) atoms. The Morgan fingerprint density at radius 3 is 2.64 bits per heavy atom. The number of carbonyl (C=O) groups is 1. The largest absolute Gasteiger partial charge is 0.363 e. The molecule has 0 unspecified atom stereocenters. The van der Waals surface area contributed by atoms with Crippen molar-refractivity contribution in [1.29, 1.82) is 0 Å². The van der Waals surface area contributed by atoms with Crippen LogP contribution in [0, 0.1) is 0 Å². The number of nitrogens with one attached hydrogen (secondary N) is 1. The molecule has 0 saturated heterocycles. The number of benzene rings is 1. The maximum atomic E-state index is 12.0. The third-order valence-electron chi connectivity index (χ3n) is 3.66. The van der Waals surface area contributed by atoms with Crippen LogP contribution in [0.15, 0.2) is 35.5 Å². The normalized spacial score (nSPS) is 10.8. The summed E-state index contributed by atoms with van der Waals surface area (Å²) in [6.07, 6.45) is 0. The van der Waals surface area contributed by atoms with Gasteiger partial charge in [0, 0.05) is 43.7 Å². The molecule has 0 fully saturated rings. The van der Waals surface area contributed by atoms with Crippen molar-refractivity contribution in [3.05, 3.63) is 47.2 Å². The summed E-state index contributed by atoms with van der Waals surface area (Å²) in [5, 5.41) is 3.59. The second kappa shape index (κ2) is 8.85. The molecule has 0 saturated carbocycles. The van der Waals surface area contributed by atoms with Gasteiger partial charge in [-0.1, -0.05) is 37.7 Å². The quantitative estimate of drug-likeness (QED) is 0.604. The molecule has 0 aliphatic rings. The van der Waals surface area contributed by atoms with E-state index in [9.17, 15) is 4.79 Å². The zero-order chi connectivity index (χ0) is 18.4. The molecule has 1 N–H and O–H groups in total. The van der Waals surface area contributed by atoms with E-state index < -0.39 is 0 Å². The SMILES string of the molecule is CCNC(=O)c1cccc(CSc2nc(C(C)C)cc(N(C)C)n2)c1. The Bertz CT molecular complexity index is 705. The Hall–Kier alpha value is -2.08. The van der Waals surface area contributed by atoms with Crippen LogP contribution < -0.4 is 10.2 Å². The van der Waals surface area contributed by atoms with Crippen molar-refractivity contribution >= 4 is 23.5 Å². The van der Waals surface area contributed by atoms with Gasteiger partial charge in [0.1, 0.15) is 5.82 Å². The van der Waals surface area contributed by atoms with Crippen molar-refractivity contribution in [3.8, 4) is 0 Å². The highest BCUT2D eigenvalue weighted by molar-refractivity contribution is 7.98. The lowest BCUT2D eigenvalue weighted by Gasteiger charge is -2.15. The third-order valence-corrected chi connectivity index (χ3v) is 4.57. The summed E-state index contributed by atoms with van der Waals surface area (Å²) in [5.41, 5.74) is 2.81. The minimum atomic E-state index is -0.0395. The predicted octanol–water partition coefficient (Wildman–Crippen LogP) is 3.71. The molecule has 2 rings (SSSR count). The number of hydrogen-bond acceptors (Lipinski definition) is 5. The summed E-state index contributed by atoms with van der Waals surface area (Å²) in [5.74, 6) is 1.95. The Balaban J connectivity index is 2.15. The molecule has 0 spiro atoms. The maximum absolute atomic E-state index is 12.0. The second-order valence-electron chi connectivity index (χ2n) is 6.33. The lowest BCUT2D eigenvalue weighted by molar-refractivity contribution is 0.0955. The van der Waals surface area contributed by atoms with Gasteiger partial charge >= 0.3 is 0 Å². The Morgan fingerprint density at radius 1 is 1.24 bits per heavy atom. The van der Waals surface area contributed by atoms with Crippen LogP contribution in [0.3, 0.4) is 0 Å². The molecule has 134 valence electrons. The first-order valence-corrected chi connectivity index (χ1v) is 9.45. The number of amides is 1. The fourth-order valence-corrected chi connectivity index (χ4v) is 3.04. The van der Waals surface area contributed by atoms with Crippen LogP contribution in [0.4, 0.5) is 5.82 Å². The van der Waals surface area contributed by atoms with Crippen molar-refractivity contribution in [3.63, 3.8) is 0 Å². The number of anilines is 1. The van der Waals surface area contributed by atoms with Gasteiger partial charge in [0.05, 0.1) is 0 Å². The van der Waals surface area contributed by atoms with E-state index in [1.165, 1.54) is 0 Å². The van der Waals surface area contributed by atoms with Crippen molar-refractivity contribution in [2.45, 2.75) is 37.6 Å². The first-order valence-electron chi connectivity index (χ1n) is 8.47. The van der Waals surface area contributed by atoms with Crippen LogP contribution >= 0.6 is 11.8 Å². The van der Waals surface area contributed by atoms with Gasteiger partial charge in [0.25, 0.3) is 5.91 Å². The van der Waals surface area contributed by atoms with E-state index in [0.717, 1.165) is 28.0 Å². The van der Waals surface area contributed by atoms with E-state index in [2.05, 4.69) is 29.1 Å². The van der Waals surface area contributed by atoms with Gasteiger partial charge in [-0.15, -0.1) is 0 Å². The van der Waals surface area contributed by atoms with Crippen LogP contribution in [-0.2, 0) is 5.75 Å². The molecule has 1 amide bonds. The van der Waals surface area contributed by atoms with Crippen LogP contribution in [0.2, 0.25) is 0 Å². The van der Waals surface area contributed by atoms with Crippen LogP contribution in [0.25, 0.3) is 0 Å². The van der Waals surface area contributed by atoms with E-state index in [4.69, 9.17) is 0 Å². The smallest absolute Gasteiger partial charge is 0.251 e. The Morgan fingerprint density at radius 2 is 2.00 bits per heavy atom. The molecule has 1 heterocycles. The molecule has 1 aromatic carbocycles. The number of nitrogens with zero attached hydrogens (tertiary/aromatic N) is 3. The summed E-state index contributed by atoms with van der Waals surface area (Å²) < 4.78 is 0. The zero-order valence-electron chi connectivity index (χ0n) is 15.5. The molecule has 0 aliphatic carbocycles. The van der Waals surface area contributed by atoms with Crippen molar-refractivity contribution < 1.29 is 4.79 Å². The molecule has 1 aromatic heterocycles. The van der Waals surface area contributed by atoms with E-state index in [0.29, 0.717) is 18.0 Å². The minimum Gasteiger partial charge on any atom is -0.363 e. The van der Waals surface area contributed by atoms with Gasteiger partial charge in [-0.3, -0.25) is 4.79 Å². The van der Waals surface area contributed by atoms with E-state index in [-0.39, 0.29) is 5.91 Å². The van der Waals surface area contributed by atoms with Crippen LogP contribution in [0.1, 0.15) is 48.3 Å². The van der Waals surface area contributed by atoms with E-state index in [1.807, 2.05) is 56.3 Å². The van der Waals surface area contributed by atoms with Crippen molar-refractivity contribution in [2.24, 2.45) is 0 Å². The lowest BCUT2D eigenvalue weighted by Crippen LogP contribution is -2.22. The molecule has 0 bridgehead atoms. The topological polar surface area (TPSA) is 58.1 Å². The molecule has 2 aromatic rings. The highest BCUT2D eigenvalue weighted by Gasteiger charge is 2.11. The number of thioether (sulfide) groups is 1. The fraction of sp³-hybridized carbons (Fsp3) is 0.421. The second-order valence-corrected chi connectivity index (χ2v) is 7.27. The zero-order valence-corrected chi connectivity index (χ0v) is 16.4. The van der Waals surface area contributed by atoms with E-state index >= 15 is 0 Å². The summed E-state index contributed by atoms with van der Waals surface area (Å²) >= 11 is 1.59. The Labute approximate surface area is 154 Å². The Kier molecular flexibility index (Phi) is 6.82. The molecule has 6 heteroatoms. The number of aromatic nitrogens is 2. The van der Waals surface area contributed by atoms with E-state index in [1.54, 1.807) is 11.8 Å². The molecule has 5 nitrogen and oxygen atoms in total. The van der Waals surface area contributed by atoms with Gasteiger partial charge in [0.2, 0.25) is 0 Å². The maximum Gasteiger partial charge on any atom is 0.251 e. The lowest BCUT2D eigenvalue weighted by atomic mass is 10.1. The molecule has 0 atom stereocenters. The fourth-order valence-electron chi connectivity index (χ4n) is 2.23. The predicted molar refractivity (Wildman–Crippen MR) is 104 cm³/mol.